The second kappa shape index (κ2) is 7.06. The van der Waals surface area contributed by atoms with Crippen LogP contribution in [-0.2, 0) is 20.9 Å². The van der Waals surface area contributed by atoms with Crippen LogP contribution in [0.15, 0.2) is 29.2 Å². The average Bonchev–Trinajstić information content (AvgIpc) is 2.96. The summed E-state index contributed by atoms with van der Waals surface area (Å²) < 4.78 is 6.49. The summed E-state index contributed by atoms with van der Waals surface area (Å²) in [6, 6.07) is 4.41. The quantitative estimate of drug-likeness (QED) is 0.753. The number of amides is 1. The zero-order chi connectivity index (χ0) is 15.2. The summed E-state index contributed by atoms with van der Waals surface area (Å²) in [5.41, 5.74) is -0.131. The summed E-state index contributed by atoms with van der Waals surface area (Å²) >= 11 is 0. The van der Waals surface area contributed by atoms with E-state index in [2.05, 4.69) is 0 Å². The van der Waals surface area contributed by atoms with E-state index < -0.39 is 6.04 Å². The van der Waals surface area contributed by atoms with E-state index in [4.69, 9.17) is 4.74 Å². The number of rotatable bonds is 5. The SMILES string of the molecule is CCOC(=O)C1CCCN1C(=O)CCn1ccccc1=O. The third-order valence-corrected chi connectivity index (χ3v) is 3.60. The molecule has 6 nitrogen and oxygen atoms in total. The first kappa shape index (κ1) is 15.3. The lowest BCUT2D eigenvalue weighted by atomic mass is 10.2. The molecule has 1 saturated heterocycles. The molecule has 0 radical (unpaired) electrons. The normalized spacial score (nSPS) is 17.8. The lowest BCUT2D eigenvalue weighted by Gasteiger charge is -2.23. The van der Waals surface area contributed by atoms with Crippen molar-refractivity contribution >= 4 is 11.9 Å². The van der Waals surface area contributed by atoms with Crippen LogP contribution in [-0.4, -0.2) is 40.5 Å². The lowest BCUT2D eigenvalue weighted by molar-refractivity contribution is -0.153. The molecule has 1 unspecified atom stereocenters. The lowest BCUT2D eigenvalue weighted by Crippen LogP contribution is -2.41. The summed E-state index contributed by atoms with van der Waals surface area (Å²) in [5.74, 6) is -0.443. The monoisotopic (exact) mass is 292 g/mol. The molecule has 1 aromatic heterocycles. The molecule has 0 saturated carbocycles. The van der Waals surface area contributed by atoms with Gasteiger partial charge < -0.3 is 14.2 Å². The number of hydrogen-bond acceptors (Lipinski definition) is 4. The second-order valence-electron chi connectivity index (χ2n) is 4.98. The number of aryl methyl sites for hydroxylation is 1. The van der Waals surface area contributed by atoms with Crippen LogP contribution in [0.5, 0.6) is 0 Å². The predicted molar refractivity (Wildman–Crippen MR) is 76.7 cm³/mol. The third-order valence-electron chi connectivity index (χ3n) is 3.60. The summed E-state index contributed by atoms with van der Waals surface area (Å²) in [6.07, 6.45) is 3.32. The number of ether oxygens (including phenoxy) is 1. The molecule has 6 heteroatoms. The van der Waals surface area contributed by atoms with Crippen LogP contribution in [0.3, 0.4) is 0 Å². The zero-order valence-electron chi connectivity index (χ0n) is 12.2. The molecule has 0 bridgehead atoms. The Kier molecular flexibility index (Phi) is 5.14. The van der Waals surface area contributed by atoms with E-state index in [0.717, 1.165) is 6.42 Å². The van der Waals surface area contributed by atoms with Crippen LogP contribution in [0.1, 0.15) is 26.2 Å². The number of aromatic nitrogens is 1. The number of hydrogen-bond donors (Lipinski definition) is 0. The first-order valence-corrected chi connectivity index (χ1v) is 7.25. The minimum absolute atomic E-state index is 0.110. The summed E-state index contributed by atoms with van der Waals surface area (Å²) in [7, 11) is 0. The minimum Gasteiger partial charge on any atom is -0.464 e. The van der Waals surface area contributed by atoms with Gasteiger partial charge in [-0.1, -0.05) is 6.07 Å². The Morgan fingerprint density at radius 1 is 1.38 bits per heavy atom. The number of esters is 1. The highest BCUT2D eigenvalue weighted by Gasteiger charge is 2.34. The molecule has 21 heavy (non-hydrogen) atoms. The van der Waals surface area contributed by atoms with Gasteiger partial charge >= 0.3 is 5.97 Å². The second-order valence-corrected chi connectivity index (χ2v) is 4.98. The molecule has 114 valence electrons. The van der Waals surface area contributed by atoms with E-state index in [9.17, 15) is 14.4 Å². The maximum absolute atomic E-state index is 12.3. The Morgan fingerprint density at radius 3 is 2.90 bits per heavy atom. The number of likely N-dealkylation sites (tertiary alicyclic amines) is 1. The van der Waals surface area contributed by atoms with Crippen molar-refractivity contribution in [3.8, 4) is 0 Å². The van der Waals surface area contributed by atoms with Crippen LogP contribution >= 0.6 is 0 Å². The minimum atomic E-state index is -0.468. The summed E-state index contributed by atoms with van der Waals surface area (Å²) in [5, 5.41) is 0. The Bertz CT molecular complexity index is 567. The molecular weight excluding hydrogens is 272 g/mol. The van der Waals surface area contributed by atoms with Crippen LogP contribution in [0, 0.1) is 0 Å². The molecule has 0 aromatic carbocycles. The maximum atomic E-state index is 12.3. The van der Waals surface area contributed by atoms with Gasteiger partial charge in [0.2, 0.25) is 5.91 Å². The zero-order valence-corrected chi connectivity index (χ0v) is 12.2. The van der Waals surface area contributed by atoms with Crippen LogP contribution in [0.25, 0.3) is 0 Å². The molecular formula is C15H20N2O4. The van der Waals surface area contributed by atoms with Crippen LogP contribution in [0.4, 0.5) is 0 Å². The molecule has 1 aliphatic heterocycles. The van der Waals surface area contributed by atoms with Crippen molar-refractivity contribution in [2.24, 2.45) is 0 Å². The Morgan fingerprint density at radius 2 is 2.19 bits per heavy atom. The van der Waals surface area contributed by atoms with Crippen molar-refractivity contribution in [1.29, 1.82) is 0 Å². The molecule has 1 aromatic rings. The standard InChI is InChI=1S/C15H20N2O4/c1-2-21-15(20)12-6-5-10-17(12)14(19)8-11-16-9-4-3-7-13(16)18/h3-4,7,9,12H,2,5-6,8,10-11H2,1H3. The highest BCUT2D eigenvalue weighted by Crippen LogP contribution is 2.19. The van der Waals surface area contributed by atoms with Gasteiger partial charge in [-0.2, -0.15) is 0 Å². The fourth-order valence-corrected chi connectivity index (χ4v) is 2.55. The van der Waals surface area contributed by atoms with E-state index in [0.29, 0.717) is 26.1 Å². The molecule has 0 N–H and O–H groups in total. The van der Waals surface area contributed by atoms with Gasteiger partial charge in [-0.15, -0.1) is 0 Å². The van der Waals surface area contributed by atoms with Gasteiger partial charge in [0.15, 0.2) is 0 Å². The van der Waals surface area contributed by atoms with Gasteiger partial charge in [-0.05, 0) is 25.8 Å². The van der Waals surface area contributed by atoms with Crippen molar-refractivity contribution in [3.05, 3.63) is 34.7 Å². The number of pyridine rings is 1. The van der Waals surface area contributed by atoms with Gasteiger partial charge in [-0.25, -0.2) is 4.79 Å². The number of nitrogens with zero attached hydrogens (tertiary/aromatic N) is 2. The van der Waals surface area contributed by atoms with Crippen molar-refractivity contribution in [3.63, 3.8) is 0 Å². The van der Waals surface area contributed by atoms with Gasteiger partial charge in [0, 0.05) is 31.8 Å². The fourth-order valence-electron chi connectivity index (χ4n) is 2.55. The van der Waals surface area contributed by atoms with E-state index in [-0.39, 0.29) is 23.9 Å². The molecule has 0 spiro atoms. The summed E-state index contributed by atoms with van der Waals surface area (Å²) in [6.45, 7) is 2.97. The first-order valence-electron chi connectivity index (χ1n) is 7.25. The van der Waals surface area contributed by atoms with Gasteiger partial charge in [0.05, 0.1) is 6.61 Å². The number of carbonyl (C=O) groups excluding carboxylic acids is 2. The fraction of sp³-hybridized carbons (Fsp3) is 0.533. The van der Waals surface area contributed by atoms with Crippen LogP contribution in [0.2, 0.25) is 0 Å². The highest BCUT2D eigenvalue weighted by atomic mass is 16.5. The van der Waals surface area contributed by atoms with Crippen molar-refractivity contribution in [2.45, 2.75) is 38.8 Å². The Hall–Kier alpha value is -2.11. The number of carbonyl (C=O) groups is 2. The Labute approximate surface area is 123 Å². The largest absolute Gasteiger partial charge is 0.464 e. The Balaban J connectivity index is 1.95. The predicted octanol–water partition coefficient (Wildman–Crippen LogP) is 0.792. The van der Waals surface area contributed by atoms with E-state index in [1.807, 2.05) is 0 Å². The average molecular weight is 292 g/mol. The molecule has 0 aliphatic carbocycles. The topological polar surface area (TPSA) is 68.6 Å². The van der Waals surface area contributed by atoms with Crippen molar-refractivity contribution < 1.29 is 14.3 Å². The van der Waals surface area contributed by atoms with Crippen molar-refractivity contribution in [1.82, 2.24) is 9.47 Å². The highest BCUT2D eigenvalue weighted by molar-refractivity contribution is 5.85. The van der Waals surface area contributed by atoms with Gasteiger partial charge in [0.25, 0.3) is 5.56 Å². The first-order chi connectivity index (χ1) is 10.1. The molecule has 1 amide bonds. The van der Waals surface area contributed by atoms with Gasteiger partial charge in [-0.3, -0.25) is 9.59 Å². The van der Waals surface area contributed by atoms with E-state index in [1.54, 1.807) is 30.2 Å². The van der Waals surface area contributed by atoms with Gasteiger partial charge in [0.1, 0.15) is 6.04 Å². The molecule has 2 rings (SSSR count). The molecule has 1 fully saturated rings. The molecule has 1 atom stereocenters. The van der Waals surface area contributed by atoms with Crippen molar-refractivity contribution in [2.75, 3.05) is 13.2 Å². The molecule has 1 aliphatic rings. The van der Waals surface area contributed by atoms with E-state index in [1.165, 1.54) is 10.6 Å². The van der Waals surface area contributed by atoms with E-state index >= 15 is 0 Å². The molecule has 2 heterocycles. The third kappa shape index (κ3) is 3.71. The summed E-state index contributed by atoms with van der Waals surface area (Å²) in [4.78, 5) is 37.2. The van der Waals surface area contributed by atoms with Crippen LogP contribution < -0.4 is 5.56 Å². The smallest absolute Gasteiger partial charge is 0.328 e. The maximum Gasteiger partial charge on any atom is 0.328 e.